The lowest BCUT2D eigenvalue weighted by molar-refractivity contribution is -0.163. The van der Waals surface area contributed by atoms with Crippen LogP contribution in [0, 0.1) is 0 Å². The van der Waals surface area contributed by atoms with E-state index in [1.54, 1.807) is 4.90 Å². The molecule has 184 valence electrons. The Labute approximate surface area is 205 Å². The summed E-state index contributed by atoms with van der Waals surface area (Å²) in [5.74, 6) is 0. The van der Waals surface area contributed by atoms with Crippen LogP contribution in [0.25, 0.3) is 16.7 Å². The number of rotatable bonds is 6. The lowest BCUT2D eigenvalue weighted by Gasteiger charge is -2.29. The van der Waals surface area contributed by atoms with Crippen molar-refractivity contribution in [3.05, 3.63) is 41.4 Å². The third-order valence-corrected chi connectivity index (χ3v) is 6.02. The van der Waals surface area contributed by atoms with Crippen molar-refractivity contribution in [2.75, 3.05) is 26.3 Å². The van der Waals surface area contributed by atoms with E-state index < -0.39 is 5.60 Å². The van der Waals surface area contributed by atoms with Crippen molar-refractivity contribution in [2.24, 2.45) is 0 Å². The van der Waals surface area contributed by atoms with Gasteiger partial charge in [0.25, 0.3) is 0 Å². The van der Waals surface area contributed by atoms with Crippen molar-refractivity contribution in [3.8, 4) is 11.1 Å². The molecule has 1 saturated heterocycles. The minimum atomic E-state index is -0.508. The molecule has 1 amide bonds. The molecule has 2 aromatic heterocycles. The summed E-state index contributed by atoms with van der Waals surface area (Å²) in [5.41, 5.74) is 3.13. The van der Waals surface area contributed by atoms with Crippen LogP contribution in [-0.2, 0) is 20.8 Å². The minimum absolute atomic E-state index is 0.0929. The molecule has 2 aromatic rings. The molecule has 1 atom stereocenters. The van der Waals surface area contributed by atoms with Crippen LogP contribution in [0.4, 0.5) is 4.79 Å². The maximum atomic E-state index is 12.3. The van der Waals surface area contributed by atoms with E-state index >= 15 is 0 Å². The molecule has 1 unspecified atom stereocenters. The van der Waals surface area contributed by atoms with Crippen molar-refractivity contribution >= 4 is 23.3 Å². The van der Waals surface area contributed by atoms with E-state index in [-0.39, 0.29) is 12.4 Å². The topological polar surface area (TPSA) is 78.7 Å². The quantitative estimate of drug-likeness (QED) is 0.558. The van der Waals surface area contributed by atoms with Crippen LogP contribution in [-0.4, -0.2) is 64.0 Å². The standard InChI is InChI=1S/C25H33ClN4O4/c1-25(2,3)34-24(31)29-9-7-18(8-10-29)23-21(26)14-19(15-27-23)20-16-28-30(17-20)11-13-33-22-6-4-5-12-32-22/h7,14-17,22H,4-6,8-13H2,1-3H3. The van der Waals surface area contributed by atoms with Crippen molar-refractivity contribution in [3.63, 3.8) is 0 Å². The summed E-state index contributed by atoms with van der Waals surface area (Å²) in [6.07, 6.45) is 11.1. The lowest BCUT2D eigenvalue weighted by atomic mass is 10.0. The van der Waals surface area contributed by atoms with E-state index in [1.807, 2.05) is 56.2 Å². The molecule has 0 N–H and O–H groups in total. The first kappa shape index (κ1) is 24.7. The number of ether oxygens (including phenoxy) is 3. The van der Waals surface area contributed by atoms with Gasteiger partial charge in [-0.2, -0.15) is 5.10 Å². The SMILES string of the molecule is CC(C)(C)OC(=O)N1CC=C(c2ncc(-c3cnn(CCOC4CCCCO4)c3)cc2Cl)CC1. The van der Waals surface area contributed by atoms with E-state index in [4.69, 9.17) is 25.8 Å². The molecule has 2 aliphatic rings. The first-order valence-corrected chi connectivity index (χ1v) is 12.3. The van der Waals surface area contributed by atoms with Gasteiger partial charge in [0.15, 0.2) is 6.29 Å². The molecule has 9 heteroatoms. The maximum Gasteiger partial charge on any atom is 0.410 e. The summed E-state index contributed by atoms with van der Waals surface area (Å²) in [4.78, 5) is 18.6. The monoisotopic (exact) mass is 488 g/mol. The predicted octanol–water partition coefficient (Wildman–Crippen LogP) is 5.17. The van der Waals surface area contributed by atoms with Crippen LogP contribution < -0.4 is 0 Å². The van der Waals surface area contributed by atoms with E-state index in [1.165, 1.54) is 0 Å². The summed E-state index contributed by atoms with van der Waals surface area (Å²) < 4.78 is 18.7. The van der Waals surface area contributed by atoms with Gasteiger partial charge in [0.1, 0.15) is 5.60 Å². The van der Waals surface area contributed by atoms with Gasteiger partial charge in [0, 0.05) is 43.2 Å². The van der Waals surface area contributed by atoms with Crippen LogP contribution in [0.2, 0.25) is 5.02 Å². The second-order valence-electron chi connectivity index (χ2n) is 9.62. The Balaban J connectivity index is 1.34. The highest BCUT2D eigenvalue weighted by Gasteiger charge is 2.25. The second-order valence-corrected chi connectivity index (χ2v) is 10.0. The highest BCUT2D eigenvalue weighted by Crippen LogP contribution is 2.30. The number of nitrogens with zero attached hydrogens (tertiary/aromatic N) is 4. The molecule has 4 rings (SSSR count). The largest absolute Gasteiger partial charge is 0.444 e. The van der Waals surface area contributed by atoms with Gasteiger partial charge in [-0.05, 0) is 58.1 Å². The normalized spacial score (nSPS) is 19.1. The molecule has 4 heterocycles. The van der Waals surface area contributed by atoms with E-state index in [2.05, 4.69) is 10.1 Å². The highest BCUT2D eigenvalue weighted by atomic mass is 35.5. The average Bonchev–Trinajstić information content (AvgIpc) is 3.28. The number of carbonyl (C=O) groups is 1. The smallest absolute Gasteiger partial charge is 0.410 e. The number of hydrogen-bond acceptors (Lipinski definition) is 6. The molecule has 34 heavy (non-hydrogen) atoms. The summed E-state index contributed by atoms with van der Waals surface area (Å²) >= 11 is 6.61. The van der Waals surface area contributed by atoms with E-state index in [9.17, 15) is 4.79 Å². The summed E-state index contributed by atoms with van der Waals surface area (Å²) in [6.45, 7) is 8.63. The van der Waals surface area contributed by atoms with Crippen molar-refractivity contribution in [1.29, 1.82) is 0 Å². The molecule has 0 radical (unpaired) electrons. The Morgan fingerprint density at radius 3 is 2.79 bits per heavy atom. The molecule has 0 saturated carbocycles. The van der Waals surface area contributed by atoms with Crippen LogP contribution in [0.1, 0.15) is 52.1 Å². The number of amides is 1. The van der Waals surface area contributed by atoms with Crippen LogP contribution in [0.5, 0.6) is 0 Å². The molecule has 0 aromatic carbocycles. The van der Waals surface area contributed by atoms with Crippen molar-refractivity contribution in [1.82, 2.24) is 19.7 Å². The molecule has 1 fully saturated rings. The summed E-state index contributed by atoms with van der Waals surface area (Å²) in [5, 5.41) is 5.01. The molecule has 2 aliphatic heterocycles. The molecular formula is C25H33ClN4O4. The van der Waals surface area contributed by atoms with Gasteiger partial charge in [-0.15, -0.1) is 0 Å². The Kier molecular flexibility index (Phi) is 7.91. The van der Waals surface area contributed by atoms with Gasteiger partial charge >= 0.3 is 6.09 Å². The first-order valence-electron chi connectivity index (χ1n) is 11.9. The first-order chi connectivity index (χ1) is 16.3. The molecule has 0 spiro atoms. The fraction of sp³-hybridized carbons (Fsp3) is 0.560. The number of halogens is 1. The summed E-state index contributed by atoms with van der Waals surface area (Å²) in [6, 6.07) is 1.92. The fourth-order valence-corrected chi connectivity index (χ4v) is 4.25. The van der Waals surface area contributed by atoms with Gasteiger partial charge < -0.3 is 19.1 Å². The van der Waals surface area contributed by atoms with Crippen molar-refractivity contribution < 1.29 is 19.0 Å². The second kappa shape index (κ2) is 10.9. The summed E-state index contributed by atoms with van der Waals surface area (Å²) in [7, 11) is 0. The molecule has 0 bridgehead atoms. The zero-order valence-electron chi connectivity index (χ0n) is 20.1. The Morgan fingerprint density at radius 2 is 2.12 bits per heavy atom. The van der Waals surface area contributed by atoms with Crippen LogP contribution in [0.15, 0.2) is 30.7 Å². The average molecular weight is 489 g/mol. The van der Waals surface area contributed by atoms with Gasteiger partial charge in [0.05, 0.1) is 30.1 Å². The minimum Gasteiger partial charge on any atom is -0.444 e. The zero-order chi connectivity index (χ0) is 24.1. The third-order valence-electron chi connectivity index (χ3n) is 5.73. The number of aromatic nitrogens is 3. The van der Waals surface area contributed by atoms with Gasteiger partial charge in [-0.3, -0.25) is 9.67 Å². The Morgan fingerprint density at radius 1 is 1.26 bits per heavy atom. The lowest BCUT2D eigenvalue weighted by Crippen LogP contribution is -2.39. The molecular weight excluding hydrogens is 456 g/mol. The molecule has 0 aliphatic carbocycles. The van der Waals surface area contributed by atoms with Crippen molar-refractivity contribution in [2.45, 2.75) is 64.9 Å². The number of carbonyl (C=O) groups excluding carboxylic acids is 1. The van der Waals surface area contributed by atoms with Crippen LogP contribution in [0.3, 0.4) is 0 Å². The highest BCUT2D eigenvalue weighted by molar-refractivity contribution is 6.32. The predicted molar refractivity (Wildman–Crippen MR) is 130 cm³/mol. The maximum absolute atomic E-state index is 12.3. The Bertz CT molecular complexity index is 1020. The van der Waals surface area contributed by atoms with Gasteiger partial charge in [0.2, 0.25) is 0 Å². The Hall–Kier alpha value is -2.42. The van der Waals surface area contributed by atoms with E-state index in [0.29, 0.717) is 37.7 Å². The number of hydrogen-bond donors (Lipinski definition) is 0. The van der Waals surface area contributed by atoms with Gasteiger partial charge in [-0.25, -0.2) is 4.79 Å². The number of pyridine rings is 1. The zero-order valence-corrected chi connectivity index (χ0v) is 20.9. The molecule has 8 nitrogen and oxygen atoms in total. The van der Waals surface area contributed by atoms with E-state index in [0.717, 1.165) is 48.3 Å². The fourth-order valence-electron chi connectivity index (χ4n) is 3.96. The third kappa shape index (κ3) is 6.58. The van der Waals surface area contributed by atoms with Gasteiger partial charge in [-0.1, -0.05) is 17.7 Å². The van der Waals surface area contributed by atoms with Crippen LogP contribution >= 0.6 is 11.6 Å².